The first-order valence-corrected chi connectivity index (χ1v) is 9.81. The van der Waals surface area contributed by atoms with Crippen molar-refractivity contribution in [2.45, 2.75) is 44.6 Å². The summed E-state index contributed by atoms with van der Waals surface area (Å²) in [5.41, 5.74) is 1.14. The molecule has 1 saturated heterocycles. The molecule has 1 amide bonds. The van der Waals surface area contributed by atoms with E-state index in [1.54, 1.807) is 31.0 Å². The van der Waals surface area contributed by atoms with Crippen LogP contribution < -0.4 is 0 Å². The van der Waals surface area contributed by atoms with Crippen molar-refractivity contribution in [2.24, 2.45) is 11.8 Å². The molecule has 6 heteroatoms. The lowest BCUT2D eigenvalue weighted by Gasteiger charge is -2.40. The molecule has 0 radical (unpaired) electrons. The fourth-order valence-electron chi connectivity index (χ4n) is 4.17. The molecule has 1 N–H and O–H groups in total. The van der Waals surface area contributed by atoms with Crippen LogP contribution >= 0.6 is 0 Å². The molecule has 2 atom stereocenters. The normalized spacial score (nSPS) is 25.9. The second-order valence-electron chi connectivity index (χ2n) is 7.58. The van der Waals surface area contributed by atoms with Crippen molar-refractivity contribution in [3.05, 3.63) is 29.8 Å². The van der Waals surface area contributed by atoms with Gasteiger partial charge in [-0.1, -0.05) is 12.1 Å². The summed E-state index contributed by atoms with van der Waals surface area (Å²) in [5, 5.41) is 9.41. The molecule has 6 nitrogen and oxygen atoms in total. The van der Waals surface area contributed by atoms with Crippen LogP contribution in [0.2, 0.25) is 0 Å². The van der Waals surface area contributed by atoms with E-state index >= 15 is 0 Å². The third-order valence-electron chi connectivity index (χ3n) is 5.79. The third kappa shape index (κ3) is 4.43. The molecule has 27 heavy (non-hydrogen) atoms. The van der Waals surface area contributed by atoms with Crippen LogP contribution in [-0.2, 0) is 19.1 Å². The Morgan fingerprint density at radius 2 is 2.00 bits per heavy atom. The Bertz CT molecular complexity index is 647. The first-order valence-electron chi connectivity index (χ1n) is 9.81. The van der Waals surface area contributed by atoms with Gasteiger partial charge in [-0.05, 0) is 56.2 Å². The van der Waals surface area contributed by atoms with E-state index in [-0.39, 0.29) is 29.5 Å². The Morgan fingerprint density at radius 1 is 1.30 bits per heavy atom. The Hall–Kier alpha value is -2.08. The van der Waals surface area contributed by atoms with Gasteiger partial charge in [0.25, 0.3) is 0 Å². The highest BCUT2D eigenvalue weighted by Gasteiger charge is 2.42. The fraction of sp³-hybridized carbons (Fsp3) is 0.619. The van der Waals surface area contributed by atoms with E-state index in [4.69, 9.17) is 9.47 Å². The molecular weight excluding hydrogens is 346 g/mol. The first kappa shape index (κ1) is 19.7. The highest BCUT2D eigenvalue weighted by molar-refractivity contribution is 5.86. The highest BCUT2D eigenvalue weighted by Crippen LogP contribution is 2.43. The molecule has 2 fully saturated rings. The van der Waals surface area contributed by atoms with E-state index in [2.05, 4.69) is 0 Å². The summed E-state index contributed by atoms with van der Waals surface area (Å²) in [6, 6.07) is 6.59. The van der Waals surface area contributed by atoms with Gasteiger partial charge in [0.2, 0.25) is 5.91 Å². The molecule has 1 aliphatic heterocycles. The molecule has 1 heterocycles. The Kier molecular flexibility index (Phi) is 6.37. The fourth-order valence-corrected chi connectivity index (χ4v) is 4.17. The monoisotopic (exact) mass is 375 g/mol. The Balaban J connectivity index is 1.63. The zero-order valence-electron chi connectivity index (χ0n) is 16.1. The van der Waals surface area contributed by atoms with Crippen molar-refractivity contribution in [3.8, 4) is 5.75 Å². The minimum absolute atomic E-state index is 0.00801. The van der Waals surface area contributed by atoms with Crippen LogP contribution in [0.4, 0.5) is 0 Å². The van der Waals surface area contributed by atoms with Crippen molar-refractivity contribution < 1.29 is 24.2 Å². The molecule has 1 saturated carbocycles. The van der Waals surface area contributed by atoms with Gasteiger partial charge in [-0.3, -0.25) is 4.79 Å². The maximum absolute atomic E-state index is 13.0. The van der Waals surface area contributed by atoms with Crippen LogP contribution in [-0.4, -0.2) is 54.8 Å². The predicted octanol–water partition coefficient (Wildman–Crippen LogP) is 2.70. The number of phenols is 1. The average Bonchev–Trinajstić information content (AvgIpc) is 2.63. The van der Waals surface area contributed by atoms with E-state index in [1.165, 1.54) is 0 Å². The summed E-state index contributed by atoms with van der Waals surface area (Å²) in [4.78, 5) is 27.1. The van der Waals surface area contributed by atoms with Gasteiger partial charge in [-0.25, -0.2) is 4.79 Å². The second kappa shape index (κ2) is 8.74. The number of carbonyl (C=O) groups excluding carboxylic acids is 2. The minimum atomic E-state index is -0.578. The molecule has 1 aromatic carbocycles. The van der Waals surface area contributed by atoms with Gasteiger partial charge in [-0.15, -0.1) is 0 Å². The summed E-state index contributed by atoms with van der Waals surface area (Å²) >= 11 is 0. The van der Waals surface area contributed by atoms with E-state index < -0.39 is 6.04 Å². The van der Waals surface area contributed by atoms with Gasteiger partial charge < -0.3 is 19.5 Å². The number of rotatable bonds is 6. The van der Waals surface area contributed by atoms with E-state index in [9.17, 15) is 14.7 Å². The molecule has 2 unspecified atom stereocenters. The summed E-state index contributed by atoms with van der Waals surface area (Å²) in [7, 11) is 1.71. The lowest BCUT2D eigenvalue weighted by molar-refractivity contribution is -0.161. The predicted molar refractivity (Wildman–Crippen MR) is 100 cm³/mol. The lowest BCUT2D eigenvalue weighted by Crippen LogP contribution is -2.53. The number of esters is 1. The largest absolute Gasteiger partial charge is 0.508 e. The van der Waals surface area contributed by atoms with Gasteiger partial charge >= 0.3 is 5.97 Å². The molecule has 1 aromatic rings. The zero-order valence-corrected chi connectivity index (χ0v) is 16.1. The van der Waals surface area contributed by atoms with Crippen LogP contribution in [0.3, 0.4) is 0 Å². The van der Waals surface area contributed by atoms with Gasteiger partial charge in [0.05, 0.1) is 13.2 Å². The number of phenolic OH excluding ortho intramolecular Hbond substituents is 1. The number of aromatic hydroxyl groups is 1. The summed E-state index contributed by atoms with van der Waals surface area (Å²) in [6.07, 6.45) is 3.30. The quantitative estimate of drug-likeness (QED) is 0.774. The average molecular weight is 375 g/mol. The van der Waals surface area contributed by atoms with Crippen LogP contribution in [0.1, 0.15) is 44.1 Å². The molecule has 0 aromatic heterocycles. The lowest BCUT2D eigenvalue weighted by atomic mass is 9.70. The number of benzene rings is 1. The van der Waals surface area contributed by atoms with Gasteiger partial charge in [0, 0.05) is 25.5 Å². The Labute approximate surface area is 160 Å². The van der Waals surface area contributed by atoms with E-state index in [0.717, 1.165) is 31.2 Å². The molecule has 0 spiro atoms. The first-order chi connectivity index (χ1) is 13.0. The number of hydrogen-bond donors (Lipinski definition) is 1. The number of ether oxygens (including phenoxy) is 2. The number of amides is 1. The van der Waals surface area contributed by atoms with Crippen molar-refractivity contribution >= 4 is 11.9 Å². The third-order valence-corrected chi connectivity index (χ3v) is 5.79. The molecule has 2 aliphatic rings. The van der Waals surface area contributed by atoms with Crippen molar-refractivity contribution in [1.29, 1.82) is 0 Å². The number of nitrogens with zero attached hydrogens (tertiary/aromatic N) is 1. The summed E-state index contributed by atoms with van der Waals surface area (Å²) in [6.45, 7) is 3.28. The smallest absolute Gasteiger partial charge is 0.329 e. The standard InChI is InChI=1S/C21H29NO5/c1-3-27-21(25)19(15-5-4-10-26-13-15)22(2)20(24)17-11-16(12-17)14-6-8-18(23)9-7-14/h6-9,15-17,19,23H,3-5,10-13H2,1-2H3. The van der Waals surface area contributed by atoms with Crippen molar-refractivity contribution in [1.82, 2.24) is 4.90 Å². The highest BCUT2D eigenvalue weighted by atomic mass is 16.5. The zero-order chi connectivity index (χ0) is 19.4. The van der Waals surface area contributed by atoms with Crippen LogP contribution in [0.5, 0.6) is 5.75 Å². The summed E-state index contributed by atoms with van der Waals surface area (Å²) in [5.74, 6) is 0.159. The van der Waals surface area contributed by atoms with Gasteiger partial charge in [-0.2, -0.15) is 0 Å². The second-order valence-corrected chi connectivity index (χ2v) is 7.58. The number of hydrogen-bond acceptors (Lipinski definition) is 5. The maximum atomic E-state index is 13.0. The minimum Gasteiger partial charge on any atom is -0.508 e. The number of likely N-dealkylation sites (N-methyl/N-ethyl adjacent to an activating group) is 1. The van der Waals surface area contributed by atoms with Gasteiger partial charge in [0.15, 0.2) is 0 Å². The van der Waals surface area contributed by atoms with Crippen molar-refractivity contribution in [3.63, 3.8) is 0 Å². The molecule has 148 valence electrons. The van der Waals surface area contributed by atoms with Gasteiger partial charge in [0.1, 0.15) is 11.8 Å². The van der Waals surface area contributed by atoms with E-state index in [0.29, 0.717) is 25.7 Å². The SMILES string of the molecule is CCOC(=O)C(C1CCCOC1)N(C)C(=O)C1CC(c2ccc(O)cc2)C1. The van der Waals surface area contributed by atoms with E-state index in [1.807, 2.05) is 12.1 Å². The van der Waals surface area contributed by atoms with Crippen LogP contribution in [0.25, 0.3) is 0 Å². The van der Waals surface area contributed by atoms with Crippen LogP contribution in [0.15, 0.2) is 24.3 Å². The Morgan fingerprint density at radius 3 is 2.59 bits per heavy atom. The topological polar surface area (TPSA) is 76.1 Å². The molecule has 0 bridgehead atoms. The van der Waals surface area contributed by atoms with Crippen molar-refractivity contribution in [2.75, 3.05) is 26.9 Å². The number of carbonyl (C=O) groups is 2. The molecule has 3 rings (SSSR count). The summed E-state index contributed by atoms with van der Waals surface area (Å²) < 4.78 is 10.8. The molecule has 1 aliphatic carbocycles. The van der Waals surface area contributed by atoms with Crippen LogP contribution in [0, 0.1) is 11.8 Å². The maximum Gasteiger partial charge on any atom is 0.329 e. The molecular formula is C21H29NO5.